The molecule has 0 saturated carbocycles. The molecule has 0 spiro atoms. The second-order valence-corrected chi connectivity index (χ2v) is 3.06. The largest absolute Gasteiger partial charge is 0.0885 e. The van der Waals surface area contributed by atoms with Crippen molar-refractivity contribution in [2.75, 3.05) is 0 Å². The highest BCUT2D eigenvalue weighted by molar-refractivity contribution is 4.92. The lowest BCUT2D eigenvalue weighted by atomic mass is 10.1. The van der Waals surface area contributed by atoms with Crippen LogP contribution >= 0.6 is 0 Å². The zero-order valence-electron chi connectivity index (χ0n) is 7.63. The lowest BCUT2D eigenvalue weighted by molar-refractivity contribution is 0.858. The van der Waals surface area contributed by atoms with Gasteiger partial charge in [0.05, 0.1) is 0 Å². The minimum Gasteiger partial charge on any atom is -0.0885 e. The second-order valence-electron chi connectivity index (χ2n) is 3.06. The molecule has 0 atom stereocenters. The predicted molar refractivity (Wildman–Crippen MR) is 53.8 cm³/mol. The molecule has 1 rings (SSSR count). The van der Waals surface area contributed by atoms with E-state index < -0.39 is 0 Å². The molecule has 1 aliphatic carbocycles. The van der Waals surface area contributed by atoms with E-state index in [-0.39, 0.29) is 0 Å². The average molecular weight is 161 g/mol. The lowest BCUT2D eigenvalue weighted by Gasteiger charge is -1.92. The number of rotatable bonds is 0. The summed E-state index contributed by atoms with van der Waals surface area (Å²) in [5.74, 6) is 0. The van der Waals surface area contributed by atoms with E-state index in [2.05, 4.69) is 36.5 Å². The fraction of sp³-hybridized carbons (Fsp3) is 0.500. The van der Waals surface area contributed by atoms with E-state index in [1.54, 1.807) is 0 Å². The van der Waals surface area contributed by atoms with E-state index in [0.29, 0.717) is 0 Å². The molecule has 0 aromatic rings. The van der Waals surface area contributed by atoms with Gasteiger partial charge in [-0.15, -0.1) is 0 Å². The Kier molecular flexibility index (Phi) is 5.35. The monoisotopic (exact) mass is 161 g/mol. The van der Waals surface area contributed by atoms with Gasteiger partial charge in [-0.2, -0.15) is 0 Å². The Balaban J connectivity index is 2.30. The Morgan fingerprint density at radius 3 is 2.42 bits per heavy atom. The molecule has 0 amide bonds. The average Bonchev–Trinajstić information content (AvgIpc) is 2.05. The van der Waals surface area contributed by atoms with E-state index in [1.165, 1.54) is 25.7 Å². The second kappa shape index (κ2) is 6.90. The van der Waals surface area contributed by atoms with Crippen LogP contribution in [0.15, 0.2) is 30.4 Å². The molecule has 1 aliphatic rings. The van der Waals surface area contributed by atoms with Gasteiger partial charge in [0.25, 0.3) is 0 Å². The molecule has 0 aromatic heterocycles. The third-order valence-corrected chi connectivity index (χ3v) is 1.93. The molecule has 0 unspecified atom stereocenters. The van der Waals surface area contributed by atoms with Crippen molar-refractivity contribution in [2.45, 2.75) is 38.5 Å². The summed E-state index contributed by atoms with van der Waals surface area (Å²) in [6, 6.07) is 0. The number of hydrogen-bond donors (Lipinski definition) is 0. The van der Waals surface area contributed by atoms with Gasteiger partial charge in [0.15, 0.2) is 0 Å². The van der Waals surface area contributed by atoms with Crippen molar-refractivity contribution in [3.63, 3.8) is 0 Å². The maximum atomic E-state index is 3.26. The van der Waals surface area contributed by atoms with Crippen LogP contribution in [0.5, 0.6) is 0 Å². The van der Waals surface area contributed by atoms with E-state index in [0.717, 1.165) is 12.8 Å². The van der Waals surface area contributed by atoms with Gasteiger partial charge in [-0.05, 0) is 44.6 Å². The summed E-state index contributed by atoms with van der Waals surface area (Å²) in [5, 5.41) is 0. The van der Waals surface area contributed by atoms with Gasteiger partial charge < -0.3 is 0 Å². The molecule has 0 aromatic carbocycles. The van der Waals surface area contributed by atoms with Crippen molar-refractivity contribution in [3.05, 3.63) is 36.5 Å². The summed E-state index contributed by atoms with van der Waals surface area (Å²) in [5.41, 5.74) is 0. The number of allylic oxidation sites excluding steroid dienone is 6. The Morgan fingerprint density at radius 2 is 1.50 bits per heavy atom. The fourth-order valence-corrected chi connectivity index (χ4v) is 1.22. The van der Waals surface area contributed by atoms with Crippen LogP contribution in [0.1, 0.15) is 38.5 Å². The Morgan fingerprint density at radius 1 is 0.750 bits per heavy atom. The molecule has 0 fully saturated rings. The standard InChI is InChI=1S/C12H17/c1-2-4-6-8-10-12-11-9-7-5-3-1/h1-2,7,10,12H,3-6,8,11H2. The van der Waals surface area contributed by atoms with Gasteiger partial charge in [-0.25, -0.2) is 0 Å². The topological polar surface area (TPSA) is 0 Å². The molecular weight excluding hydrogens is 144 g/mol. The molecule has 0 saturated heterocycles. The first-order valence-corrected chi connectivity index (χ1v) is 4.85. The van der Waals surface area contributed by atoms with Crippen LogP contribution in [-0.4, -0.2) is 0 Å². The normalized spacial score (nSPS) is 20.0. The van der Waals surface area contributed by atoms with E-state index in [1.807, 2.05) is 0 Å². The van der Waals surface area contributed by atoms with Crippen LogP contribution in [0, 0.1) is 6.08 Å². The van der Waals surface area contributed by atoms with Crippen molar-refractivity contribution in [2.24, 2.45) is 0 Å². The maximum Gasteiger partial charge on any atom is -0.00979 e. The van der Waals surface area contributed by atoms with E-state index in [9.17, 15) is 0 Å². The summed E-state index contributed by atoms with van der Waals surface area (Å²) in [6.45, 7) is 0. The molecule has 0 aliphatic heterocycles. The van der Waals surface area contributed by atoms with E-state index in [4.69, 9.17) is 0 Å². The first-order chi connectivity index (χ1) is 6.00. The zero-order valence-corrected chi connectivity index (χ0v) is 7.63. The SMILES string of the molecule is [C]1=CCCC=CCCCC=CC1. The van der Waals surface area contributed by atoms with Crippen LogP contribution in [0.2, 0.25) is 0 Å². The maximum absolute atomic E-state index is 3.26. The highest BCUT2D eigenvalue weighted by atomic mass is 13.9. The van der Waals surface area contributed by atoms with Gasteiger partial charge in [0.2, 0.25) is 0 Å². The highest BCUT2D eigenvalue weighted by Crippen LogP contribution is 2.02. The van der Waals surface area contributed by atoms with Crippen LogP contribution in [0.3, 0.4) is 0 Å². The zero-order chi connectivity index (χ0) is 8.49. The van der Waals surface area contributed by atoms with Gasteiger partial charge in [0.1, 0.15) is 0 Å². The minimum atomic E-state index is 0.990. The van der Waals surface area contributed by atoms with Crippen molar-refractivity contribution in [1.82, 2.24) is 0 Å². The quantitative estimate of drug-likeness (QED) is 0.474. The number of hydrogen-bond acceptors (Lipinski definition) is 0. The summed E-state index contributed by atoms with van der Waals surface area (Å²) in [7, 11) is 0. The molecular formula is C12H17. The Hall–Kier alpha value is -0.780. The van der Waals surface area contributed by atoms with Crippen molar-refractivity contribution in [1.29, 1.82) is 0 Å². The smallest absolute Gasteiger partial charge is 0.00979 e. The van der Waals surface area contributed by atoms with Gasteiger partial charge in [-0.3, -0.25) is 0 Å². The summed E-state index contributed by atoms with van der Waals surface area (Å²) >= 11 is 0. The molecule has 0 nitrogen and oxygen atoms in total. The molecule has 65 valence electrons. The molecule has 0 N–H and O–H groups in total. The van der Waals surface area contributed by atoms with Gasteiger partial charge in [0, 0.05) is 0 Å². The van der Waals surface area contributed by atoms with Crippen LogP contribution in [-0.2, 0) is 0 Å². The molecule has 12 heavy (non-hydrogen) atoms. The summed E-state index contributed by atoms with van der Waals surface area (Å²) < 4.78 is 0. The fourth-order valence-electron chi connectivity index (χ4n) is 1.22. The third kappa shape index (κ3) is 4.95. The van der Waals surface area contributed by atoms with Crippen molar-refractivity contribution < 1.29 is 0 Å². The highest BCUT2D eigenvalue weighted by Gasteiger charge is 1.83. The lowest BCUT2D eigenvalue weighted by Crippen LogP contribution is -1.72. The van der Waals surface area contributed by atoms with Crippen molar-refractivity contribution in [3.8, 4) is 0 Å². The Labute approximate surface area is 75.7 Å². The summed E-state index contributed by atoms with van der Waals surface area (Å²) in [4.78, 5) is 0. The predicted octanol–water partition coefficient (Wildman–Crippen LogP) is 3.81. The van der Waals surface area contributed by atoms with Crippen LogP contribution in [0.25, 0.3) is 0 Å². The first kappa shape index (κ1) is 9.31. The van der Waals surface area contributed by atoms with E-state index >= 15 is 0 Å². The minimum absolute atomic E-state index is 0.990. The van der Waals surface area contributed by atoms with Crippen LogP contribution in [0.4, 0.5) is 0 Å². The Bertz CT molecular complexity index is 172. The molecule has 0 heteroatoms. The molecule has 1 radical (unpaired) electrons. The first-order valence-electron chi connectivity index (χ1n) is 4.85. The molecule has 0 heterocycles. The van der Waals surface area contributed by atoms with Gasteiger partial charge in [-0.1, -0.05) is 30.4 Å². The van der Waals surface area contributed by atoms with Gasteiger partial charge >= 0.3 is 0 Å². The summed E-state index contributed by atoms with van der Waals surface area (Å²) in [6.07, 6.45) is 21.5. The van der Waals surface area contributed by atoms with Crippen LogP contribution < -0.4 is 0 Å². The molecule has 0 bridgehead atoms. The third-order valence-electron chi connectivity index (χ3n) is 1.93. The van der Waals surface area contributed by atoms with Crippen molar-refractivity contribution >= 4 is 0 Å².